The van der Waals surface area contributed by atoms with Crippen molar-refractivity contribution in [3.8, 4) is 11.5 Å². The Morgan fingerprint density at radius 2 is 1.40 bits per heavy atom. The van der Waals surface area contributed by atoms with Gasteiger partial charge in [0.05, 0.1) is 5.92 Å². The molecule has 0 radical (unpaired) electrons. The summed E-state index contributed by atoms with van der Waals surface area (Å²) in [4.78, 5) is 24.8. The molecule has 0 aliphatic rings. The van der Waals surface area contributed by atoms with Crippen molar-refractivity contribution in [2.75, 3.05) is 6.61 Å². The minimum Gasteiger partial charge on any atom is -0.482 e. The van der Waals surface area contributed by atoms with E-state index in [1.807, 2.05) is 20.8 Å². The zero-order chi connectivity index (χ0) is 23.2. The standard InChI is InChI=1S/C25H40O5/c1-10-24(6,7)16-20(25(8,9)11-2)22(27)29-19-14-12-18(13-15-19)28-17-21(26)30-23(3,4)5/h12-15,20H,10-11,16-17H2,1-9H3. The van der Waals surface area contributed by atoms with Gasteiger partial charge in [-0.05, 0) is 62.3 Å². The maximum Gasteiger partial charge on any atom is 0.344 e. The van der Waals surface area contributed by atoms with Crippen molar-refractivity contribution in [2.45, 2.75) is 87.2 Å². The molecule has 0 bridgehead atoms. The molecule has 1 aromatic carbocycles. The molecule has 0 N–H and O–H groups in total. The first-order valence-electron chi connectivity index (χ1n) is 10.9. The Balaban J connectivity index is 2.78. The van der Waals surface area contributed by atoms with E-state index in [1.54, 1.807) is 24.3 Å². The Bertz CT molecular complexity index is 695. The van der Waals surface area contributed by atoms with Crippen LogP contribution in [0.3, 0.4) is 0 Å². The van der Waals surface area contributed by atoms with E-state index in [-0.39, 0.29) is 29.3 Å². The predicted molar refractivity (Wildman–Crippen MR) is 120 cm³/mol. The molecule has 1 rings (SSSR count). The van der Waals surface area contributed by atoms with Gasteiger partial charge in [-0.15, -0.1) is 0 Å². The molecule has 0 amide bonds. The second-order valence-corrected chi connectivity index (χ2v) is 10.4. The molecule has 0 fully saturated rings. The van der Waals surface area contributed by atoms with Gasteiger partial charge in [0, 0.05) is 0 Å². The molecule has 0 aromatic heterocycles. The van der Waals surface area contributed by atoms with E-state index in [0.717, 1.165) is 19.3 Å². The summed E-state index contributed by atoms with van der Waals surface area (Å²) in [5.74, 6) is 0.154. The molecule has 0 aliphatic heterocycles. The lowest BCUT2D eigenvalue weighted by Gasteiger charge is -2.37. The summed E-state index contributed by atoms with van der Waals surface area (Å²) in [7, 11) is 0. The molecular weight excluding hydrogens is 380 g/mol. The quantitative estimate of drug-likeness (QED) is 0.333. The highest BCUT2D eigenvalue weighted by Gasteiger charge is 2.38. The van der Waals surface area contributed by atoms with Gasteiger partial charge in [0.15, 0.2) is 6.61 Å². The Hall–Kier alpha value is -2.04. The molecule has 5 heteroatoms. The van der Waals surface area contributed by atoms with Crippen molar-refractivity contribution >= 4 is 11.9 Å². The van der Waals surface area contributed by atoms with E-state index in [2.05, 4.69) is 41.5 Å². The number of carbonyl (C=O) groups is 2. The molecule has 0 heterocycles. The normalized spacial score (nSPS) is 13.5. The van der Waals surface area contributed by atoms with Gasteiger partial charge in [-0.2, -0.15) is 0 Å². The highest BCUT2D eigenvalue weighted by molar-refractivity contribution is 5.76. The van der Waals surface area contributed by atoms with E-state index in [0.29, 0.717) is 11.5 Å². The van der Waals surface area contributed by atoms with E-state index in [4.69, 9.17) is 14.2 Å². The van der Waals surface area contributed by atoms with Gasteiger partial charge in [-0.25, -0.2) is 4.79 Å². The summed E-state index contributed by atoms with van der Waals surface area (Å²) in [6.07, 6.45) is 2.67. The fraction of sp³-hybridized carbons (Fsp3) is 0.680. The zero-order valence-corrected chi connectivity index (χ0v) is 20.3. The van der Waals surface area contributed by atoms with Gasteiger partial charge >= 0.3 is 11.9 Å². The summed E-state index contributed by atoms with van der Waals surface area (Å²) in [5, 5.41) is 0. The molecule has 30 heavy (non-hydrogen) atoms. The Morgan fingerprint density at radius 1 is 0.867 bits per heavy atom. The third-order valence-corrected chi connectivity index (χ3v) is 5.67. The second-order valence-electron chi connectivity index (χ2n) is 10.4. The van der Waals surface area contributed by atoms with Crippen LogP contribution in [0.2, 0.25) is 0 Å². The lowest BCUT2D eigenvalue weighted by atomic mass is 9.68. The number of hydrogen-bond donors (Lipinski definition) is 0. The van der Waals surface area contributed by atoms with Crippen molar-refractivity contribution in [2.24, 2.45) is 16.7 Å². The number of esters is 2. The van der Waals surface area contributed by atoms with Gasteiger partial charge < -0.3 is 14.2 Å². The first-order valence-corrected chi connectivity index (χ1v) is 10.9. The Labute approximate surface area is 182 Å². The van der Waals surface area contributed by atoms with Crippen LogP contribution in [0.1, 0.15) is 81.6 Å². The number of ether oxygens (including phenoxy) is 3. The van der Waals surface area contributed by atoms with Gasteiger partial charge in [0.2, 0.25) is 0 Å². The molecule has 0 saturated heterocycles. The fourth-order valence-corrected chi connectivity index (χ4v) is 2.93. The van der Waals surface area contributed by atoms with Crippen molar-refractivity contribution in [3.63, 3.8) is 0 Å². The zero-order valence-electron chi connectivity index (χ0n) is 20.3. The first kappa shape index (κ1) is 26.0. The van der Waals surface area contributed by atoms with Crippen molar-refractivity contribution < 1.29 is 23.8 Å². The van der Waals surface area contributed by atoms with Gasteiger partial charge in [-0.1, -0.05) is 54.4 Å². The molecular formula is C25H40O5. The van der Waals surface area contributed by atoms with Crippen molar-refractivity contribution in [3.05, 3.63) is 24.3 Å². The molecule has 0 saturated carbocycles. The maximum absolute atomic E-state index is 13.0. The topological polar surface area (TPSA) is 61.8 Å². The highest BCUT2D eigenvalue weighted by Crippen LogP contribution is 2.41. The van der Waals surface area contributed by atoms with Crippen LogP contribution in [-0.2, 0) is 14.3 Å². The number of carbonyl (C=O) groups excluding carboxylic acids is 2. The van der Waals surface area contributed by atoms with Crippen LogP contribution >= 0.6 is 0 Å². The van der Waals surface area contributed by atoms with Crippen molar-refractivity contribution in [1.29, 1.82) is 0 Å². The fourth-order valence-electron chi connectivity index (χ4n) is 2.93. The van der Waals surface area contributed by atoms with Gasteiger partial charge in [0.1, 0.15) is 17.1 Å². The third-order valence-electron chi connectivity index (χ3n) is 5.67. The number of hydrogen-bond acceptors (Lipinski definition) is 5. The molecule has 170 valence electrons. The third kappa shape index (κ3) is 8.76. The van der Waals surface area contributed by atoms with E-state index >= 15 is 0 Å². The largest absolute Gasteiger partial charge is 0.482 e. The summed E-state index contributed by atoms with van der Waals surface area (Å²) in [6, 6.07) is 6.73. The lowest BCUT2D eigenvalue weighted by molar-refractivity contribution is -0.157. The minimum atomic E-state index is -0.548. The van der Waals surface area contributed by atoms with Crippen LogP contribution in [-0.4, -0.2) is 24.1 Å². The van der Waals surface area contributed by atoms with Crippen LogP contribution < -0.4 is 9.47 Å². The predicted octanol–water partition coefficient (Wildman–Crippen LogP) is 6.19. The summed E-state index contributed by atoms with van der Waals surface area (Å²) in [5.41, 5.74) is -0.636. The van der Waals surface area contributed by atoms with Crippen LogP contribution in [0.15, 0.2) is 24.3 Å². The molecule has 1 aromatic rings. The monoisotopic (exact) mass is 420 g/mol. The summed E-state index contributed by atoms with van der Waals surface area (Å²) in [6.45, 7) is 18.1. The molecule has 1 unspecified atom stereocenters. The summed E-state index contributed by atoms with van der Waals surface area (Å²) >= 11 is 0. The second kappa shape index (κ2) is 10.3. The van der Waals surface area contributed by atoms with E-state index in [1.165, 1.54) is 0 Å². The maximum atomic E-state index is 13.0. The van der Waals surface area contributed by atoms with Gasteiger partial charge in [-0.3, -0.25) is 4.79 Å². The molecule has 5 nitrogen and oxygen atoms in total. The number of benzene rings is 1. The lowest BCUT2D eigenvalue weighted by Crippen LogP contribution is -2.37. The Morgan fingerprint density at radius 3 is 1.87 bits per heavy atom. The number of rotatable bonds is 10. The van der Waals surface area contributed by atoms with Crippen LogP contribution in [0.25, 0.3) is 0 Å². The first-order chi connectivity index (χ1) is 13.7. The van der Waals surface area contributed by atoms with Crippen LogP contribution in [0.4, 0.5) is 0 Å². The average molecular weight is 421 g/mol. The van der Waals surface area contributed by atoms with E-state index < -0.39 is 11.6 Å². The molecule has 1 atom stereocenters. The van der Waals surface area contributed by atoms with Crippen LogP contribution in [0, 0.1) is 16.7 Å². The van der Waals surface area contributed by atoms with Crippen molar-refractivity contribution in [1.82, 2.24) is 0 Å². The highest BCUT2D eigenvalue weighted by atomic mass is 16.6. The Kier molecular flexibility index (Phi) is 8.94. The van der Waals surface area contributed by atoms with Crippen LogP contribution in [0.5, 0.6) is 11.5 Å². The van der Waals surface area contributed by atoms with Gasteiger partial charge in [0.25, 0.3) is 0 Å². The molecule has 0 spiro atoms. The minimum absolute atomic E-state index is 0.0650. The molecule has 0 aliphatic carbocycles. The smallest absolute Gasteiger partial charge is 0.344 e. The summed E-state index contributed by atoms with van der Waals surface area (Å²) < 4.78 is 16.4. The van der Waals surface area contributed by atoms with E-state index in [9.17, 15) is 9.59 Å². The average Bonchev–Trinajstić information content (AvgIpc) is 2.64. The SMILES string of the molecule is CCC(C)(C)CC(C(=O)Oc1ccc(OCC(=O)OC(C)(C)C)cc1)C(C)(C)CC.